The second-order valence-corrected chi connectivity index (χ2v) is 8.19. The summed E-state index contributed by atoms with van der Waals surface area (Å²) in [7, 11) is 0. The molecule has 1 fully saturated rings. The Morgan fingerprint density at radius 1 is 1.00 bits per heavy atom. The molecule has 0 aliphatic carbocycles. The lowest BCUT2D eigenvalue weighted by molar-refractivity contribution is -0.132. The first kappa shape index (κ1) is 24.3. The molecule has 2 aromatic rings. The fraction of sp³-hybridized carbons (Fsp3) is 0.400. The smallest absolute Gasteiger partial charge is 0.337 e. The van der Waals surface area contributed by atoms with Crippen molar-refractivity contribution < 1.29 is 19.5 Å². The Morgan fingerprint density at radius 2 is 1.70 bits per heavy atom. The second-order valence-electron chi connectivity index (χ2n) is 8.19. The Bertz CT molecular complexity index is 1010. The summed E-state index contributed by atoms with van der Waals surface area (Å²) >= 11 is 0. The summed E-state index contributed by atoms with van der Waals surface area (Å²) in [4.78, 5) is 42.9. The predicted octanol–water partition coefficient (Wildman–Crippen LogP) is 2.94. The monoisotopic (exact) mass is 452 g/mol. The number of piperazine rings is 1. The van der Waals surface area contributed by atoms with Gasteiger partial charge in [0.2, 0.25) is 5.91 Å². The van der Waals surface area contributed by atoms with E-state index in [-0.39, 0.29) is 23.1 Å². The molecule has 0 aromatic heterocycles. The van der Waals surface area contributed by atoms with Crippen molar-refractivity contribution in [2.75, 3.05) is 56.0 Å². The maximum Gasteiger partial charge on any atom is 0.337 e. The standard InChI is InChI=1S/C25H32N4O4/c1-4-28(5-2)23(30)17-27-11-13-29(14-12-27)20-9-10-22(21(16-20)25(32)33)26-24(31)19-8-6-7-18(3)15-19/h6-10,15-16H,4-5,11-14,17H2,1-3H3,(H,26,31)(H,32,33). The number of carboxylic acids is 1. The van der Waals surface area contributed by atoms with Crippen LogP contribution >= 0.6 is 0 Å². The van der Waals surface area contributed by atoms with E-state index < -0.39 is 5.97 Å². The summed E-state index contributed by atoms with van der Waals surface area (Å²) in [5.74, 6) is -1.31. The molecule has 0 bridgehead atoms. The summed E-state index contributed by atoms with van der Waals surface area (Å²) in [6.07, 6.45) is 0. The normalized spacial score (nSPS) is 14.1. The summed E-state index contributed by atoms with van der Waals surface area (Å²) in [6.45, 7) is 10.5. The van der Waals surface area contributed by atoms with Crippen LogP contribution in [0.1, 0.15) is 40.1 Å². The first-order valence-corrected chi connectivity index (χ1v) is 11.3. The molecule has 0 atom stereocenters. The number of nitrogens with zero attached hydrogens (tertiary/aromatic N) is 3. The lowest BCUT2D eigenvalue weighted by atomic mass is 10.1. The maximum atomic E-state index is 12.6. The van der Waals surface area contributed by atoms with Gasteiger partial charge in [0, 0.05) is 50.5 Å². The third-order valence-corrected chi connectivity index (χ3v) is 5.97. The van der Waals surface area contributed by atoms with E-state index >= 15 is 0 Å². The molecule has 2 aromatic carbocycles. The molecule has 0 saturated carbocycles. The molecular weight excluding hydrogens is 420 g/mol. The zero-order chi connectivity index (χ0) is 24.0. The molecule has 3 rings (SSSR count). The van der Waals surface area contributed by atoms with Gasteiger partial charge in [-0.15, -0.1) is 0 Å². The molecule has 1 heterocycles. The fourth-order valence-electron chi connectivity index (χ4n) is 4.03. The van der Waals surface area contributed by atoms with Crippen LogP contribution in [0.25, 0.3) is 0 Å². The van der Waals surface area contributed by atoms with Gasteiger partial charge in [0.1, 0.15) is 0 Å². The number of aryl methyl sites for hydroxylation is 1. The van der Waals surface area contributed by atoms with Gasteiger partial charge in [-0.2, -0.15) is 0 Å². The number of amides is 2. The van der Waals surface area contributed by atoms with Crippen molar-refractivity contribution in [3.8, 4) is 0 Å². The molecule has 0 radical (unpaired) electrons. The van der Waals surface area contributed by atoms with Gasteiger partial charge in [-0.3, -0.25) is 14.5 Å². The Hall–Kier alpha value is -3.39. The Labute approximate surface area is 194 Å². The number of aromatic carboxylic acids is 1. The van der Waals surface area contributed by atoms with Crippen molar-refractivity contribution in [1.29, 1.82) is 0 Å². The Kier molecular flexibility index (Phi) is 8.06. The van der Waals surface area contributed by atoms with Crippen LogP contribution in [0.5, 0.6) is 0 Å². The first-order valence-electron chi connectivity index (χ1n) is 11.3. The molecule has 1 aliphatic rings. The average Bonchev–Trinajstić information content (AvgIpc) is 2.80. The Morgan fingerprint density at radius 3 is 2.30 bits per heavy atom. The van der Waals surface area contributed by atoms with Gasteiger partial charge in [-0.1, -0.05) is 17.7 Å². The van der Waals surface area contributed by atoms with Crippen molar-refractivity contribution in [2.24, 2.45) is 0 Å². The van der Waals surface area contributed by atoms with E-state index in [1.165, 1.54) is 0 Å². The van der Waals surface area contributed by atoms with Crippen molar-refractivity contribution in [2.45, 2.75) is 20.8 Å². The van der Waals surface area contributed by atoms with Crippen LogP contribution in [-0.4, -0.2) is 78.5 Å². The van der Waals surface area contributed by atoms with Crippen LogP contribution in [0, 0.1) is 6.92 Å². The fourth-order valence-corrected chi connectivity index (χ4v) is 4.03. The molecular formula is C25H32N4O4. The molecule has 1 aliphatic heterocycles. The van der Waals surface area contributed by atoms with E-state index in [9.17, 15) is 19.5 Å². The third kappa shape index (κ3) is 6.10. The van der Waals surface area contributed by atoms with E-state index in [0.29, 0.717) is 38.3 Å². The molecule has 8 heteroatoms. The summed E-state index contributed by atoms with van der Waals surface area (Å²) in [6, 6.07) is 12.2. The number of hydrogen-bond acceptors (Lipinski definition) is 5. The topological polar surface area (TPSA) is 93.2 Å². The van der Waals surface area contributed by atoms with Gasteiger partial charge in [0.05, 0.1) is 17.8 Å². The van der Waals surface area contributed by atoms with Crippen LogP contribution in [0.15, 0.2) is 42.5 Å². The van der Waals surface area contributed by atoms with Gasteiger partial charge >= 0.3 is 5.97 Å². The third-order valence-electron chi connectivity index (χ3n) is 5.97. The molecule has 1 saturated heterocycles. The molecule has 0 unspecified atom stereocenters. The highest BCUT2D eigenvalue weighted by molar-refractivity contribution is 6.08. The number of rotatable bonds is 8. The lowest BCUT2D eigenvalue weighted by Gasteiger charge is -2.36. The van der Waals surface area contributed by atoms with Crippen molar-refractivity contribution in [1.82, 2.24) is 9.80 Å². The maximum absolute atomic E-state index is 12.6. The molecule has 2 N–H and O–H groups in total. The van der Waals surface area contributed by atoms with Crippen molar-refractivity contribution in [3.05, 3.63) is 59.2 Å². The minimum absolute atomic E-state index is 0.0487. The molecule has 2 amide bonds. The molecule has 0 spiro atoms. The highest BCUT2D eigenvalue weighted by atomic mass is 16.4. The zero-order valence-electron chi connectivity index (χ0n) is 19.5. The predicted molar refractivity (Wildman–Crippen MR) is 129 cm³/mol. The van der Waals surface area contributed by atoms with E-state index in [0.717, 1.165) is 24.3 Å². The first-order chi connectivity index (χ1) is 15.8. The molecule has 8 nitrogen and oxygen atoms in total. The van der Waals surface area contributed by atoms with Crippen LogP contribution in [0.4, 0.5) is 11.4 Å². The van der Waals surface area contributed by atoms with Crippen LogP contribution < -0.4 is 10.2 Å². The van der Waals surface area contributed by atoms with Gasteiger partial charge in [-0.25, -0.2) is 4.79 Å². The quantitative estimate of drug-likeness (QED) is 0.640. The SMILES string of the molecule is CCN(CC)C(=O)CN1CCN(c2ccc(NC(=O)c3cccc(C)c3)c(C(=O)O)c2)CC1. The van der Waals surface area contributed by atoms with Gasteiger partial charge in [0.25, 0.3) is 5.91 Å². The van der Waals surface area contributed by atoms with E-state index in [2.05, 4.69) is 15.1 Å². The van der Waals surface area contributed by atoms with E-state index in [4.69, 9.17) is 0 Å². The van der Waals surface area contributed by atoms with Crippen molar-refractivity contribution >= 4 is 29.2 Å². The summed E-state index contributed by atoms with van der Waals surface area (Å²) in [5, 5.41) is 12.5. The van der Waals surface area contributed by atoms with Gasteiger partial charge in [-0.05, 0) is 51.1 Å². The number of hydrogen-bond donors (Lipinski definition) is 2. The average molecular weight is 453 g/mol. The van der Waals surface area contributed by atoms with Crippen molar-refractivity contribution in [3.63, 3.8) is 0 Å². The highest BCUT2D eigenvalue weighted by Crippen LogP contribution is 2.25. The number of carboxylic acid groups (broad SMARTS) is 1. The van der Waals surface area contributed by atoms with Crippen LogP contribution in [0.2, 0.25) is 0 Å². The Balaban J connectivity index is 1.67. The van der Waals surface area contributed by atoms with Crippen LogP contribution in [-0.2, 0) is 4.79 Å². The second kappa shape index (κ2) is 11.0. The summed E-state index contributed by atoms with van der Waals surface area (Å²) < 4.78 is 0. The number of carbonyl (C=O) groups excluding carboxylic acids is 2. The number of benzene rings is 2. The minimum Gasteiger partial charge on any atom is -0.478 e. The summed E-state index contributed by atoms with van der Waals surface area (Å²) in [5.41, 5.74) is 2.53. The van der Waals surface area contributed by atoms with Crippen LogP contribution in [0.3, 0.4) is 0 Å². The number of nitrogens with one attached hydrogen (secondary N) is 1. The number of carbonyl (C=O) groups is 3. The zero-order valence-corrected chi connectivity index (χ0v) is 19.5. The van der Waals surface area contributed by atoms with Gasteiger partial charge < -0.3 is 20.2 Å². The van der Waals surface area contributed by atoms with Gasteiger partial charge in [0.15, 0.2) is 0 Å². The van der Waals surface area contributed by atoms with E-state index in [1.54, 1.807) is 30.3 Å². The lowest BCUT2D eigenvalue weighted by Crippen LogP contribution is -2.50. The number of likely N-dealkylation sites (N-methyl/N-ethyl adjacent to an activating group) is 1. The molecule has 33 heavy (non-hydrogen) atoms. The molecule has 176 valence electrons. The van der Waals surface area contributed by atoms with E-state index in [1.807, 2.05) is 37.8 Å². The highest BCUT2D eigenvalue weighted by Gasteiger charge is 2.22. The largest absolute Gasteiger partial charge is 0.478 e. The number of anilines is 2. The minimum atomic E-state index is -1.10.